The number of hydrogen-bond donors (Lipinski definition) is 1. The molecule has 1 aliphatic rings. The van der Waals surface area contributed by atoms with Gasteiger partial charge in [-0.05, 0) is 52.9 Å². The predicted molar refractivity (Wildman–Crippen MR) is 75.4 cm³/mol. The van der Waals surface area contributed by atoms with Crippen LogP contribution in [0.15, 0.2) is 21.2 Å². The summed E-state index contributed by atoms with van der Waals surface area (Å²) in [4.78, 5) is 13.2. The Kier molecular flexibility index (Phi) is 3.17. The van der Waals surface area contributed by atoms with Gasteiger partial charge in [0.2, 0.25) is 0 Å². The number of nitrogens with zero attached hydrogens (tertiary/aromatic N) is 1. The summed E-state index contributed by atoms with van der Waals surface area (Å²) in [6.07, 6.45) is 3.02. The zero-order valence-corrected chi connectivity index (χ0v) is 12.2. The van der Waals surface area contributed by atoms with Crippen molar-refractivity contribution in [3.05, 3.63) is 38.6 Å². The molecule has 0 saturated heterocycles. The summed E-state index contributed by atoms with van der Waals surface area (Å²) in [6, 6.07) is 5.45. The lowest BCUT2D eigenvalue weighted by Gasteiger charge is -2.01. The number of halogens is 1. The third kappa shape index (κ3) is 2.20. The van der Waals surface area contributed by atoms with E-state index in [0.29, 0.717) is 15.2 Å². The Hall–Kier alpha value is -1.58. The summed E-state index contributed by atoms with van der Waals surface area (Å²) in [7, 11) is 0. The molecule has 1 N–H and O–H groups in total. The van der Waals surface area contributed by atoms with E-state index < -0.39 is 0 Å². The number of rotatable bonds is 2. The van der Waals surface area contributed by atoms with E-state index >= 15 is 0 Å². The molecule has 4 nitrogen and oxygen atoms in total. The topological polar surface area (TPSA) is 66.0 Å². The van der Waals surface area contributed by atoms with E-state index in [1.54, 1.807) is 12.1 Å². The Labute approximate surface area is 122 Å². The summed E-state index contributed by atoms with van der Waals surface area (Å²) in [5, 5.41) is 12.6. The molecule has 2 aromatic rings. The van der Waals surface area contributed by atoms with Gasteiger partial charge in [0.25, 0.3) is 5.91 Å². The maximum Gasteiger partial charge on any atom is 0.292 e. The van der Waals surface area contributed by atoms with Crippen molar-refractivity contribution in [1.29, 1.82) is 5.26 Å². The van der Waals surface area contributed by atoms with Crippen LogP contribution in [0.25, 0.3) is 0 Å². The number of aryl methyl sites for hydroxylation is 1. The van der Waals surface area contributed by atoms with E-state index in [-0.39, 0.29) is 11.7 Å². The van der Waals surface area contributed by atoms with Crippen molar-refractivity contribution in [3.8, 4) is 6.07 Å². The molecule has 19 heavy (non-hydrogen) atoms. The Balaban J connectivity index is 1.88. The lowest BCUT2D eigenvalue weighted by molar-refractivity contribution is 0.0996. The fraction of sp³-hybridized carbons (Fsp3) is 0.231. The predicted octanol–water partition coefficient (Wildman–Crippen LogP) is 3.72. The zero-order valence-electron chi connectivity index (χ0n) is 9.83. The average Bonchev–Trinajstić information content (AvgIpc) is 3.04. The monoisotopic (exact) mass is 336 g/mol. The van der Waals surface area contributed by atoms with Crippen molar-refractivity contribution >= 4 is 38.2 Å². The van der Waals surface area contributed by atoms with E-state index in [1.165, 1.54) is 16.2 Å². The van der Waals surface area contributed by atoms with E-state index in [4.69, 9.17) is 4.42 Å². The number of furan rings is 1. The Morgan fingerprint density at radius 1 is 1.47 bits per heavy atom. The number of amides is 1. The zero-order chi connectivity index (χ0) is 13.4. The molecule has 2 heterocycles. The maximum absolute atomic E-state index is 12.0. The molecular formula is C13H9BrN2O2S. The summed E-state index contributed by atoms with van der Waals surface area (Å²) < 4.78 is 5.70. The lowest BCUT2D eigenvalue weighted by atomic mass is 10.1. The lowest BCUT2D eigenvalue weighted by Crippen LogP contribution is -2.10. The fourth-order valence-electron chi connectivity index (χ4n) is 2.21. The third-order valence-electron chi connectivity index (χ3n) is 3.06. The molecule has 96 valence electrons. The Morgan fingerprint density at radius 2 is 2.32 bits per heavy atom. The van der Waals surface area contributed by atoms with Crippen LogP contribution in [-0.4, -0.2) is 5.91 Å². The SMILES string of the molecule is N#Cc1c(NC(=O)c2ccc(Br)o2)sc2c1CCC2. The van der Waals surface area contributed by atoms with Gasteiger partial charge in [-0.15, -0.1) is 11.3 Å². The van der Waals surface area contributed by atoms with Crippen molar-refractivity contribution in [2.24, 2.45) is 0 Å². The molecule has 0 atom stereocenters. The first-order valence-electron chi connectivity index (χ1n) is 5.80. The molecular weight excluding hydrogens is 328 g/mol. The van der Waals surface area contributed by atoms with Gasteiger partial charge in [-0.25, -0.2) is 0 Å². The van der Waals surface area contributed by atoms with Gasteiger partial charge in [0.05, 0.1) is 5.56 Å². The van der Waals surface area contributed by atoms with E-state index in [1.807, 2.05) is 0 Å². The van der Waals surface area contributed by atoms with Crippen LogP contribution in [0.3, 0.4) is 0 Å². The second kappa shape index (κ2) is 4.83. The molecule has 0 unspecified atom stereocenters. The van der Waals surface area contributed by atoms with Gasteiger partial charge in [-0.2, -0.15) is 5.26 Å². The van der Waals surface area contributed by atoms with Crippen molar-refractivity contribution in [3.63, 3.8) is 0 Å². The largest absolute Gasteiger partial charge is 0.444 e. The highest BCUT2D eigenvalue weighted by molar-refractivity contribution is 9.10. The highest BCUT2D eigenvalue weighted by Crippen LogP contribution is 2.38. The van der Waals surface area contributed by atoms with Crippen LogP contribution in [0, 0.1) is 11.3 Å². The first-order chi connectivity index (χ1) is 9.19. The number of thiophene rings is 1. The van der Waals surface area contributed by atoms with Crippen LogP contribution in [0.1, 0.15) is 33.0 Å². The van der Waals surface area contributed by atoms with Crippen molar-refractivity contribution < 1.29 is 9.21 Å². The van der Waals surface area contributed by atoms with Gasteiger partial charge in [0, 0.05) is 4.88 Å². The number of carbonyl (C=O) groups excluding carboxylic acids is 1. The van der Waals surface area contributed by atoms with Crippen LogP contribution >= 0.6 is 27.3 Å². The van der Waals surface area contributed by atoms with Gasteiger partial charge in [0.15, 0.2) is 10.4 Å². The average molecular weight is 337 g/mol. The summed E-state index contributed by atoms with van der Waals surface area (Å²) in [5.41, 5.74) is 1.71. The smallest absolute Gasteiger partial charge is 0.292 e. The first-order valence-corrected chi connectivity index (χ1v) is 7.41. The fourth-order valence-corrected chi connectivity index (χ4v) is 3.75. The number of carbonyl (C=O) groups is 1. The van der Waals surface area contributed by atoms with Crippen LogP contribution in [0.2, 0.25) is 0 Å². The highest BCUT2D eigenvalue weighted by atomic mass is 79.9. The molecule has 0 saturated carbocycles. The molecule has 2 aromatic heterocycles. The minimum Gasteiger partial charge on any atom is -0.444 e. The number of fused-ring (bicyclic) bond motifs is 1. The molecule has 3 rings (SSSR count). The second-order valence-electron chi connectivity index (χ2n) is 4.23. The highest BCUT2D eigenvalue weighted by Gasteiger charge is 2.23. The molecule has 0 aliphatic heterocycles. The molecule has 0 aromatic carbocycles. The maximum atomic E-state index is 12.0. The van der Waals surface area contributed by atoms with Crippen LogP contribution in [-0.2, 0) is 12.8 Å². The van der Waals surface area contributed by atoms with Gasteiger partial charge in [-0.3, -0.25) is 4.79 Å². The minimum absolute atomic E-state index is 0.226. The second-order valence-corrected chi connectivity index (χ2v) is 6.12. The van der Waals surface area contributed by atoms with Crippen LogP contribution in [0.4, 0.5) is 5.00 Å². The van der Waals surface area contributed by atoms with Crippen LogP contribution < -0.4 is 5.32 Å². The molecule has 0 fully saturated rings. The van der Waals surface area contributed by atoms with Crippen molar-refractivity contribution in [1.82, 2.24) is 0 Å². The van der Waals surface area contributed by atoms with Crippen molar-refractivity contribution in [2.75, 3.05) is 5.32 Å². The number of nitrogens with one attached hydrogen (secondary N) is 1. The number of nitriles is 1. The normalized spacial score (nSPS) is 13.1. The first kappa shape index (κ1) is 12.5. The molecule has 1 amide bonds. The molecule has 6 heteroatoms. The van der Waals surface area contributed by atoms with Gasteiger partial charge >= 0.3 is 0 Å². The summed E-state index contributed by atoms with van der Waals surface area (Å²) in [5.74, 6) is -0.105. The third-order valence-corrected chi connectivity index (χ3v) is 4.69. The van der Waals surface area contributed by atoms with E-state index in [9.17, 15) is 10.1 Å². The quantitative estimate of drug-likeness (QED) is 0.908. The molecule has 0 bridgehead atoms. The Bertz CT molecular complexity index is 696. The standard InChI is InChI=1S/C13H9BrN2O2S/c14-11-5-4-9(18-11)12(17)16-13-8(6-15)7-2-1-3-10(7)19-13/h4-5H,1-3H2,(H,16,17). The molecule has 0 spiro atoms. The number of hydrogen-bond acceptors (Lipinski definition) is 4. The van der Waals surface area contributed by atoms with Gasteiger partial charge < -0.3 is 9.73 Å². The number of anilines is 1. The van der Waals surface area contributed by atoms with Crippen LogP contribution in [0.5, 0.6) is 0 Å². The summed E-state index contributed by atoms with van der Waals surface area (Å²) >= 11 is 4.65. The van der Waals surface area contributed by atoms with Gasteiger partial charge in [0.1, 0.15) is 11.1 Å². The van der Waals surface area contributed by atoms with E-state index in [0.717, 1.165) is 24.8 Å². The van der Waals surface area contributed by atoms with E-state index in [2.05, 4.69) is 27.3 Å². The molecule has 0 radical (unpaired) electrons. The van der Waals surface area contributed by atoms with Gasteiger partial charge in [-0.1, -0.05) is 0 Å². The Morgan fingerprint density at radius 3 is 3.00 bits per heavy atom. The van der Waals surface area contributed by atoms with Crippen molar-refractivity contribution in [2.45, 2.75) is 19.3 Å². The summed E-state index contributed by atoms with van der Waals surface area (Å²) in [6.45, 7) is 0. The minimum atomic E-state index is -0.331. The molecule has 1 aliphatic carbocycles.